The van der Waals surface area contributed by atoms with Crippen LogP contribution in [-0.4, -0.2) is 43.9 Å². The van der Waals surface area contributed by atoms with Gasteiger partial charge in [0.1, 0.15) is 6.07 Å². The lowest BCUT2D eigenvalue weighted by molar-refractivity contribution is -0.384. The zero-order chi connectivity index (χ0) is 16.9. The molecule has 7 nitrogen and oxygen atoms in total. The van der Waals surface area contributed by atoms with Crippen molar-refractivity contribution in [2.24, 2.45) is 5.92 Å². The number of nitriles is 1. The van der Waals surface area contributed by atoms with Crippen LogP contribution in [0.3, 0.4) is 0 Å². The van der Waals surface area contributed by atoms with Crippen LogP contribution in [0.1, 0.15) is 24.8 Å². The maximum Gasteiger partial charge on any atom is 0.270 e. The monoisotopic (exact) mass is 331 g/mol. The van der Waals surface area contributed by atoms with Gasteiger partial charge >= 0.3 is 0 Å². The van der Waals surface area contributed by atoms with E-state index in [2.05, 4.69) is 11.0 Å². The lowest BCUT2D eigenvalue weighted by Crippen LogP contribution is -2.38. The number of hydrogen-bond acceptors (Lipinski definition) is 6. The Kier molecular flexibility index (Phi) is 5.28. The molecule has 0 bridgehead atoms. The third kappa shape index (κ3) is 3.83. The Morgan fingerprint density at radius 1 is 1.38 bits per heavy atom. The third-order valence-electron chi connectivity index (χ3n) is 4.69. The molecule has 0 spiro atoms. The number of piperidine rings is 1. The van der Waals surface area contributed by atoms with Crippen molar-refractivity contribution in [3.05, 3.63) is 33.9 Å². The van der Waals surface area contributed by atoms with E-state index in [9.17, 15) is 15.4 Å². The highest BCUT2D eigenvalue weighted by Gasteiger charge is 2.24. The first kappa shape index (κ1) is 16.7. The van der Waals surface area contributed by atoms with E-state index in [0.29, 0.717) is 11.5 Å². The Balaban J connectivity index is 1.56. The Bertz CT molecular complexity index is 629. The van der Waals surface area contributed by atoms with Gasteiger partial charge in [0, 0.05) is 37.7 Å². The summed E-state index contributed by atoms with van der Waals surface area (Å²) in [5, 5.41) is 20.1. The molecular weight excluding hydrogens is 310 g/mol. The minimum atomic E-state index is -0.475. The molecule has 2 aliphatic rings. The minimum absolute atomic E-state index is 0.0488. The summed E-state index contributed by atoms with van der Waals surface area (Å²) in [5.74, 6) is 0.517. The van der Waals surface area contributed by atoms with Crippen molar-refractivity contribution >= 4 is 11.4 Å². The predicted octanol–water partition coefficient (Wildman–Crippen LogP) is 2.49. The summed E-state index contributed by atoms with van der Waals surface area (Å²) >= 11 is 0. The number of anilines is 1. The molecule has 1 atom stereocenters. The summed E-state index contributed by atoms with van der Waals surface area (Å²) in [6, 6.07) is 6.55. The number of ether oxygens (including phenoxy) is 2. The van der Waals surface area contributed by atoms with E-state index >= 15 is 0 Å². The van der Waals surface area contributed by atoms with Gasteiger partial charge in [0.25, 0.3) is 5.69 Å². The normalized spacial score (nSPS) is 21.6. The molecule has 2 aliphatic heterocycles. The summed E-state index contributed by atoms with van der Waals surface area (Å²) in [6.45, 7) is 3.97. The van der Waals surface area contributed by atoms with Crippen LogP contribution < -0.4 is 4.90 Å². The number of nitro groups is 1. The molecule has 1 aromatic carbocycles. The van der Waals surface area contributed by atoms with Gasteiger partial charge in [0.05, 0.1) is 35.5 Å². The Morgan fingerprint density at radius 3 is 2.79 bits per heavy atom. The van der Waals surface area contributed by atoms with E-state index in [1.807, 2.05) is 0 Å². The number of hydrogen-bond donors (Lipinski definition) is 0. The van der Waals surface area contributed by atoms with Gasteiger partial charge in [0.2, 0.25) is 0 Å². The summed E-state index contributed by atoms with van der Waals surface area (Å²) in [6.07, 6.45) is 3.11. The molecule has 7 heteroatoms. The van der Waals surface area contributed by atoms with Crippen LogP contribution >= 0.6 is 0 Å². The van der Waals surface area contributed by atoms with Crippen molar-refractivity contribution in [1.29, 1.82) is 5.26 Å². The average molecular weight is 331 g/mol. The van der Waals surface area contributed by atoms with Gasteiger partial charge in [-0.15, -0.1) is 0 Å². The molecule has 2 heterocycles. The number of nitrogens with zero attached hydrogens (tertiary/aromatic N) is 3. The smallest absolute Gasteiger partial charge is 0.270 e. The maximum atomic E-state index is 10.8. The van der Waals surface area contributed by atoms with Gasteiger partial charge in [-0.3, -0.25) is 10.1 Å². The quantitative estimate of drug-likeness (QED) is 0.608. The van der Waals surface area contributed by atoms with Crippen LogP contribution in [0.15, 0.2) is 18.2 Å². The zero-order valence-corrected chi connectivity index (χ0v) is 13.5. The summed E-state index contributed by atoms with van der Waals surface area (Å²) in [4.78, 5) is 12.5. The third-order valence-corrected chi connectivity index (χ3v) is 4.69. The summed E-state index contributed by atoms with van der Waals surface area (Å²) in [5.41, 5.74) is 1.07. The fourth-order valence-corrected chi connectivity index (χ4v) is 3.25. The average Bonchev–Trinajstić information content (AvgIpc) is 3.13. The van der Waals surface area contributed by atoms with Gasteiger partial charge in [0.15, 0.2) is 0 Å². The molecule has 1 unspecified atom stereocenters. The predicted molar refractivity (Wildman–Crippen MR) is 87.9 cm³/mol. The van der Waals surface area contributed by atoms with Crippen LogP contribution in [0.5, 0.6) is 0 Å². The topological polar surface area (TPSA) is 88.6 Å². The van der Waals surface area contributed by atoms with Crippen molar-refractivity contribution in [1.82, 2.24) is 0 Å². The van der Waals surface area contributed by atoms with Crippen LogP contribution in [0.25, 0.3) is 0 Å². The molecule has 3 rings (SSSR count). The van der Waals surface area contributed by atoms with Gasteiger partial charge in [-0.2, -0.15) is 5.26 Å². The van der Waals surface area contributed by atoms with E-state index in [0.717, 1.165) is 57.9 Å². The highest BCUT2D eigenvalue weighted by molar-refractivity contribution is 5.63. The van der Waals surface area contributed by atoms with Crippen LogP contribution in [0.2, 0.25) is 0 Å². The van der Waals surface area contributed by atoms with Crippen LogP contribution in [0.4, 0.5) is 11.4 Å². The molecule has 0 radical (unpaired) electrons. The zero-order valence-electron chi connectivity index (χ0n) is 13.5. The Hall–Kier alpha value is -2.17. The molecule has 1 aromatic rings. The van der Waals surface area contributed by atoms with Gasteiger partial charge < -0.3 is 14.4 Å². The Labute approximate surface area is 140 Å². The lowest BCUT2D eigenvalue weighted by atomic mass is 10.0. The highest BCUT2D eigenvalue weighted by atomic mass is 16.6. The first-order chi connectivity index (χ1) is 11.7. The van der Waals surface area contributed by atoms with E-state index in [4.69, 9.17) is 9.47 Å². The van der Waals surface area contributed by atoms with Crippen molar-refractivity contribution in [3.63, 3.8) is 0 Å². The first-order valence-corrected chi connectivity index (χ1v) is 8.30. The van der Waals surface area contributed by atoms with Crippen molar-refractivity contribution in [2.75, 3.05) is 37.8 Å². The molecule has 128 valence electrons. The summed E-state index contributed by atoms with van der Waals surface area (Å²) in [7, 11) is 0. The van der Waals surface area contributed by atoms with E-state index in [1.54, 1.807) is 6.07 Å². The van der Waals surface area contributed by atoms with Crippen molar-refractivity contribution in [2.45, 2.75) is 25.4 Å². The molecule has 0 aliphatic carbocycles. The second kappa shape index (κ2) is 7.60. The molecule has 0 amide bonds. The second-order valence-corrected chi connectivity index (χ2v) is 6.32. The van der Waals surface area contributed by atoms with E-state index in [1.165, 1.54) is 12.1 Å². The Morgan fingerprint density at radius 2 is 2.17 bits per heavy atom. The molecule has 2 saturated heterocycles. The maximum absolute atomic E-state index is 10.8. The minimum Gasteiger partial charge on any atom is -0.381 e. The van der Waals surface area contributed by atoms with Crippen LogP contribution in [-0.2, 0) is 9.47 Å². The SMILES string of the molecule is N#Cc1cc([N+](=O)[O-])ccc1N1CCC(OCC2CCOC2)CC1. The summed E-state index contributed by atoms with van der Waals surface area (Å²) < 4.78 is 11.4. The van der Waals surface area contributed by atoms with Crippen molar-refractivity contribution < 1.29 is 14.4 Å². The fraction of sp³-hybridized carbons (Fsp3) is 0.588. The fourth-order valence-electron chi connectivity index (χ4n) is 3.25. The van der Waals surface area contributed by atoms with Gasteiger partial charge in [-0.25, -0.2) is 0 Å². The molecule has 0 saturated carbocycles. The highest BCUT2D eigenvalue weighted by Crippen LogP contribution is 2.28. The lowest BCUT2D eigenvalue weighted by Gasteiger charge is -2.34. The van der Waals surface area contributed by atoms with Gasteiger partial charge in [-0.05, 0) is 25.3 Å². The van der Waals surface area contributed by atoms with Crippen molar-refractivity contribution in [3.8, 4) is 6.07 Å². The molecule has 2 fully saturated rings. The van der Waals surface area contributed by atoms with E-state index < -0.39 is 4.92 Å². The first-order valence-electron chi connectivity index (χ1n) is 8.30. The standard InChI is InChI=1S/C17H21N3O4/c18-10-14-9-15(20(21)22)1-2-17(14)19-6-3-16(4-7-19)24-12-13-5-8-23-11-13/h1-2,9,13,16H,3-8,11-12H2. The second-order valence-electron chi connectivity index (χ2n) is 6.32. The van der Waals surface area contributed by atoms with Gasteiger partial charge in [-0.1, -0.05) is 0 Å². The number of rotatable bonds is 5. The van der Waals surface area contributed by atoms with Crippen LogP contribution in [0, 0.1) is 27.4 Å². The largest absolute Gasteiger partial charge is 0.381 e. The van der Waals surface area contributed by atoms with E-state index in [-0.39, 0.29) is 11.8 Å². The molecule has 0 N–H and O–H groups in total. The number of benzene rings is 1. The number of nitro benzene ring substituents is 1. The molecular formula is C17H21N3O4. The number of non-ortho nitro benzene ring substituents is 1. The molecule has 24 heavy (non-hydrogen) atoms. The molecule has 0 aromatic heterocycles.